The van der Waals surface area contributed by atoms with E-state index in [-0.39, 0.29) is 29.9 Å². The van der Waals surface area contributed by atoms with E-state index in [0.29, 0.717) is 5.75 Å². The highest BCUT2D eigenvalue weighted by Gasteiger charge is 2.23. The van der Waals surface area contributed by atoms with Crippen molar-refractivity contribution in [2.75, 3.05) is 21.3 Å². The molecule has 1 aromatic rings. The third-order valence-electron chi connectivity index (χ3n) is 3.21. The van der Waals surface area contributed by atoms with E-state index in [4.69, 9.17) is 25.1 Å². The SMILES string of the molecule is COc1cc(C(=O)N[C@@H](CCC(N)=O)C(=O)O)cc(OC)c1OC. The van der Waals surface area contributed by atoms with Gasteiger partial charge in [0.1, 0.15) is 6.04 Å². The first-order valence-electron chi connectivity index (χ1n) is 6.96. The second-order valence-corrected chi connectivity index (χ2v) is 4.78. The van der Waals surface area contributed by atoms with Gasteiger partial charge in [-0.1, -0.05) is 0 Å². The van der Waals surface area contributed by atoms with Crippen LogP contribution in [0.5, 0.6) is 17.2 Å². The van der Waals surface area contributed by atoms with Gasteiger partial charge in [0.2, 0.25) is 11.7 Å². The zero-order valence-corrected chi connectivity index (χ0v) is 13.6. The first kappa shape index (κ1) is 19.1. The quantitative estimate of drug-likeness (QED) is 0.582. The van der Waals surface area contributed by atoms with Crippen LogP contribution in [0.2, 0.25) is 0 Å². The van der Waals surface area contributed by atoms with Crippen molar-refractivity contribution in [1.29, 1.82) is 0 Å². The molecule has 0 spiro atoms. The Morgan fingerprint density at radius 2 is 1.67 bits per heavy atom. The van der Waals surface area contributed by atoms with Crippen LogP contribution in [0.15, 0.2) is 12.1 Å². The van der Waals surface area contributed by atoms with Gasteiger partial charge in [0.25, 0.3) is 5.91 Å². The highest BCUT2D eigenvalue weighted by atomic mass is 16.5. The summed E-state index contributed by atoms with van der Waals surface area (Å²) in [6.45, 7) is 0. The van der Waals surface area contributed by atoms with Crippen molar-refractivity contribution in [1.82, 2.24) is 5.32 Å². The molecule has 0 aliphatic rings. The zero-order valence-electron chi connectivity index (χ0n) is 13.6. The summed E-state index contributed by atoms with van der Waals surface area (Å²) >= 11 is 0. The van der Waals surface area contributed by atoms with Gasteiger partial charge in [0, 0.05) is 12.0 Å². The van der Waals surface area contributed by atoms with Crippen LogP contribution in [0.25, 0.3) is 0 Å². The molecule has 24 heavy (non-hydrogen) atoms. The monoisotopic (exact) mass is 340 g/mol. The molecule has 0 radical (unpaired) electrons. The Bertz CT molecular complexity index is 605. The number of carboxylic acids is 1. The van der Waals surface area contributed by atoms with Crippen LogP contribution in [0.4, 0.5) is 0 Å². The van der Waals surface area contributed by atoms with E-state index in [1.165, 1.54) is 33.5 Å². The molecule has 1 aromatic carbocycles. The van der Waals surface area contributed by atoms with Gasteiger partial charge in [-0.2, -0.15) is 0 Å². The van der Waals surface area contributed by atoms with E-state index in [1.54, 1.807) is 0 Å². The minimum Gasteiger partial charge on any atom is -0.493 e. The van der Waals surface area contributed by atoms with E-state index < -0.39 is 23.8 Å². The summed E-state index contributed by atoms with van der Waals surface area (Å²) in [6.07, 6.45) is -0.271. The fourth-order valence-corrected chi connectivity index (χ4v) is 2.00. The number of hydrogen-bond donors (Lipinski definition) is 3. The zero-order chi connectivity index (χ0) is 18.3. The number of carbonyl (C=O) groups is 3. The number of aliphatic carboxylic acids is 1. The number of nitrogens with one attached hydrogen (secondary N) is 1. The predicted octanol–water partition coefficient (Wildman–Crippen LogP) is 0.161. The molecule has 9 nitrogen and oxygen atoms in total. The van der Waals surface area contributed by atoms with Gasteiger partial charge in [-0.3, -0.25) is 9.59 Å². The summed E-state index contributed by atoms with van der Waals surface area (Å²) in [5.74, 6) is -1.76. The standard InChI is InChI=1S/C15H20N2O7/c1-22-10-6-8(7-11(23-2)13(10)24-3)14(19)17-9(15(20)21)4-5-12(16)18/h6-7,9H,4-5H2,1-3H3,(H2,16,18)(H,17,19)(H,20,21)/t9-/m0/s1. The Labute approximate surface area is 138 Å². The number of carboxylic acid groups (broad SMARTS) is 1. The molecular formula is C15H20N2O7. The first-order valence-corrected chi connectivity index (χ1v) is 6.96. The molecule has 2 amide bonds. The minimum atomic E-state index is -1.27. The van der Waals surface area contributed by atoms with Crippen molar-refractivity contribution >= 4 is 17.8 Å². The highest BCUT2D eigenvalue weighted by molar-refractivity contribution is 5.97. The molecule has 0 aliphatic heterocycles. The molecule has 9 heteroatoms. The van der Waals surface area contributed by atoms with Crippen LogP contribution in [-0.2, 0) is 9.59 Å². The Balaban J connectivity index is 3.04. The molecule has 0 saturated heterocycles. The molecule has 0 saturated carbocycles. The van der Waals surface area contributed by atoms with Gasteiger partial charge >= 0.3 is 5.97 Å². The van der Waals surface area contributed by atoms with Crippen molar-refractivity contribution < 1.29 is 33.7 Å². The van der Waals surface area contributed by atoms with Crippen LogP contribution in [0, 0.1) is 0 Å². The Morgan fingerprint density at radius 1 is 1.12 bits per heavy atom. The van der Waals surface area contributed by atoms with Crippen LogP contribution >= 0.6 is 0 Å². The lowest BCUT2D eigenvalue weighted by molar-refractivity contribution is -0.139. The van der Waals surface area contributed by atoms with E-state index >= 15 is 0 Å². The number of nitrogens with two attached hydrogens (primary N) is 1. The van der Waals surface area contributed by atoms with Gasteiger partial charge in [0.05, 0.1) is 21.3 Å². The smallest absolute Gasteiger partial charge is 0.326 e. The van der Waals surface area contributed by atoms with Gasteiger partial charge < -0.3 is 30.4 Å². The van der Waals surface area contributed by atoms with E-state index in [9.17, 15) is 14.4 Å². The van der Waals surface area contributed by atoms with Crippen molar-refractivity contribution in [2.45, 2.75) is 18.9 Å². The first-order chi connectivity index (χ1) is 11.3. The molecule has 0 aromatic heterocycles. The number of rotatable bonds is 9. The number of methoxy groups -OCH3 is 3. The molecule has 0 unspecified atom stereocenters. The van der Waals surface area contributed by atoms with Gasteiger partial charge in [0.15, 0.2) is 11.5 Å². The Morgan fingerprint density at radius 3 is 2.04 bits per heavy atom. The summed E-state index contributed by atoms with van der Waals surface area (Å²) in [7, 11) is 4.21. The van der Waals surface area contributed by atoms with Crippen LogP contribution in [-0.4, -0.2) is 50.3 Å². The minimum absolute atomic E-state index is 0.110. The largest absolute Gasteiger partial charge is 0.493 e. The van der Waals surface area contributed by atoms with Gasteiger partial charge in [-0.25, -0.2) is 4.79 Å². The second-order valence-electron chi connectivity index (χ2n) is 4.78. The molecule has 0 fully saturated rings. The molecule has 132 valence electrons. The van der Waals surface area contributed by atoms with Crippen molar-refractivity contribution in [3.05, 3.63) is 17.7 Å². The fourth-order valence-electron chi connectivity index (χ4n) is 2.00. The fraction of sp³-hybridized carbons (Fsp3) is 0.400. The molecule has 4 N–H and O–H groups in total. The Hall–Kier alpha value is -2.97. The molecule has 1 rings (SSSR count). The van der Waals surface area contributed by atoms with Crippen molar-refractivity contribution in [3.8, 4) is 17.2 Å². The van der Waals surface area contributed by atoms with Crippen LogP contribution < -0.4 is 25.3 Å². The number of hydrogen-bond acceptors (Lipinski definition) is 6. The molecule has 0 bridgehead atoms. The van der Waals surface area contributed by atoms with Crippen LogP contribution in [0.1, 0.15) is 23.2 Å². The van der Waals surface area contributed by atoms with Crippen molar-refractivity contribution in [3.63, 3.8) is 0 Å². The summed E-state index contributed by atoms with van der Waals surface area (Å²) in [6, 6.07) is 1.54. The maximum absolute atomic E-state index is 12.3. The van der Waals surface area contributed by atoms with Gasteiger partial charge in [-0.15, -0.1) is 0 Å². The van der Waals surface area contributed by atoms with E-state index in [2.05, 4.69) is 5.32 Å². The Kier molecular flexibility index (Phi) is 6.84. The number of benzene rings is 1. The summed E-state index contributed by atoms with van der Waals surface area (Å²) in [4.78, 5) is 34.3. The summed E-state index contributed by atoms with van der Waals surface area (Å²) in [5, 5.41) is 11.5. The maximum atomic E-state index is 12.3. The molecule has 1 atom stereocenters. The summed E-state index contributed by atoms with van der Waals surface area (Å²) in [5.41, 5.74) is 5.12. The molecule has 0 aliphatic carbocycles. The van der Waals surface area contributed by atoms with E-state index in [1.807, 2.05) is 0 Å². The summed E-state index contributed by atoms with van der Waals surface area (Å²) < 4.78 is 15.4. The number of carbonyl (C=O) groups excluding carboxylic acids is 2. The average Bonchev–Trinajstić information content (AvgIpc) is 2.56. The number of amides is 2. The third kappa shape index (κ3) is 4.77. The molecule has 0 heterocycles. The number of primary amides is 1. The second kappa shape index (κ2) is 8.61. The van der Waals surface area contributed by atoms with Gasteiger partial charge in [-0.05, 0) is 18.6 Å². The van der Waals surface area contributed by atoms with E-state index in [0.717, 1.165) is 0 Å². The van der Waals surface area contributed by atoms with Crippen molar-refractivity contribution in [2.24, 2.45) is 5.73 Å². The topological polar surface area (TPSA) is 137 Å². The lowest BCUT2D eigenvalue weighted by Crippen LogP contribution is -2.41. The third-order valence-corrected chi connectivity index (χ3v) is 3.21. The molecular weight excluding hydrogens is 320 g/mol. The maximum Gasteiger partial charge on any atom is 0.326 e. The lowest BCUT2D eigenvalue weighted by atomic mass is 10.1. The number of ether oxygens (including phenoxy) is 3. The normalized spacial score (nSPS) is 11.3. The van der Waals surface area contributed by atoms with Crippen LogP contribution in [0.3, 0.4) is 0 Å². The lowest BCUT2D eigenvalue weighted by Gasteiger charge is -2.16. The average molecular weight is 340 g/mol. The highest BCUT2D eigenvalue weighted by Crippen LogP contribution is 2.38. The predicted molar refractivity (Wildman–Crippen MR) is 83.4 cm³/mol.